The zero-order valence-electron chi connectivity index (χ0n) is 13.7. The highest BCUT2D eigenvalue weighted by Gasteiger charge is 2.24. The summed E-state index contributed by atoms with van der Waals surface area (Å²) in [5.74, 6) is 1.67. The molecule has 1 saturated heterocycles. The molecule has 1 amide bonds. The number of carbonyl (C=O) groups is 1. The van der Waals surface area contributed by atoms with Gasteiger partial charge in [-0.05, 0) is 20.8 Å². The fraction of sp³-hybridized carbons (Fsp3) is 0.500. The molecule has 0 bridgehead atoms. The molecule has 0 aliphatic carbocycles. The minimum absolute atomic E-state index is 0.0800. The summed E-state index contributed by atoms with van der Waals surface area (Å²) in [5.41, 5.74) is 2.89. The first-order valence-corrected chi connectivity index (χ1v) is 7.77. The van der Waals surface area contributed by atoms with E-state index in [1.165, 1.54) is 0 Å². The highest BCUT2D eigenvalue weighted by atomic mass is 16.5. The van der Waals surface area contributed by atoms with Gasteiger partial charge in [-0.2, -0.15) is 0 Å². The molecule has 0 atom stereocenters. The van der Waals surface area contributed by atoms with Gasteiger partial charge in [0.25, 0.3) is 0 Å². The Bertz CT molecular complexity index is 704. The van der Waals surface area contributed by atoms with Gasteiger partial charge in [-0.15, -0.1) is 0 Å². The maximum atomic E-state index is 12.3. The molecule has 1 aliphatic heterocycles. The Balaban J connectivity index is 1.59. The van der Waals surface area contributed by atoms with Crippen molar-refractivity contribution in [3.8, 4) is 0 Å². The minimum atomic E-state index is 0.0800. The predicted octanol–water partition coefficient (Wildman–Crippen LogP) is 1.28. The molecule has 7 heteroatoms. The Labute approximate surface area is 135 Å². The van der Waals surface area contributed by atoms with Gasteiger partial charge < -0.3 is 14.3 Å². The minimum Gasteiger partial charge on any atom is -0.361 e. The molecule has 122 valence electrons. The number of amides is 1. The Morgan fingerprint density at radius 3 is 2.57 bits per heavy atom. The van der Waals surface area contributed by atoms with E-state index in [0.29, 0.717) is 18.8 Å². The predicted molar refractivity (Wildman–Crippen MR) is 85.2 cm³/mol. The summed E-state index contributed by atoms with van der Waals surface area (Å²) in [6.45, 7) is 8.80. The molecule has 0 saturated carbocycles. The Kier molecular flexibility index (Phi) is 4.27. The summed E-state index contributed by atoms with van der Waals surface area (Å²) < 4.78 is 5.12. The van der Waals surface area contributed by atoms with Crippen LogP contribution >= 0.6 is 0 Å². The molecule has 0 N–H and O–H groups in total. The largest absolute Gasteiger partial charge is 0.361 e. The molecular weight excluding hydrogens is 294 g/mol. The van der Waals surface area contributed by atoms with Crippen LogP contribution in [-0.2, 0) is 11.2 Å². The van der Waals surface area contributed by atoms with Crippen molar-refractivity contribution in [2.75, 3.05) is 31.1 Å². The van der Waals surface area contributed by atoms with Gasteiger partial charge in [0.05, 0.1) is 12.1 Å². The number of hydrogen-bond acceptors (Lipinski definition) is 6. The second kappa shape index (κ2) is 6.36. The van der Waals surface area contributed by atoms with Crippen LogP contribution in [-0.4, -0.2) is 52.1 Å². The van der Waals surface area contributed by atoms with Crippen LogP contribution in [0.5, 0.6) is 0 Å². The van der Waals surface area contributed by atoms with Crippen molar-refractivity contribution in [3.05, 3.63) is 35.1 Å². The first-order valence-electron chi connectivity index (χ1n) is 7.77. The first-order chi connectivity index (χ1) is 11.0. The zero-order chi connectivity index (χ0) is 16.4. The summed E-state index contributed by atoms with van der Waals surface area (Å²) in [6.07, 6.45) is 1.87. The summed E-state index contributed by atoms with van der Waals surface area (Å²) in [5, 5.41) is 3.82. The van der Waals surface area contributed by atoms with Gasteiger partial charge in [0.15, 0.2) is 0 Å². The van der Waals surface area contributed by atoms with Crippen LogP contribution in [0.1, 0.15) is 22.7 Å². The Morgan fingerprint density at radius 1 is 1.17 bits per heavy atom. The SMILES string of the molecule is Cc1cc(CC(=O)N2CCN(c3ncnc(C)c3C)CC2)on1. The summed E-state index contributed by atoms with van der Waals surface area (Å²) >= 11 is 0. The number of hydrogen-bond donors (Lipinski definition) is 0. The fourth-order valence-electron chi connectivity index (χ4n) is 2.77. The van der Waals surface area contributed by atoms with Crippen LogP contribution in [0.2, 0.25) is 0 Å². The van der Waals surface area contributed by atoms with E-state index in [0.717, 1.165) is 35.9 Å². The van der Waals surface area contributed by atoms with Crippen LogP contribution < -0.4 is 4.90 Å². The summed E-state index contributed by atoms with van der Waals surface area (Å²) in [6, 6.07) is 1.81. The number of rotatable bonds is 3. The lowest BCUT2D eigenvalue weighted by Gasteiger charge is -2.36. The molecule has 2 aromatic heterocycles. The van der Waals surface area contributed by atoms with Crippen LogP contribution in [0, 0.1) is 20.8 Å². The quantitative estimate of drug-likeness (QED) is 0.849. The van der Waals surface area contributed by atoms with Crippen molar-refractivity contribution in [2.45, 2.75) is 27.2 Å². The van der Waals surface area contributed by atoms with E-state index in [-0.39, 0.29) is 12.3 Å². The van der Waals surface area contributed by atoms with E-state index in [2.05, 4.69) is 20.0 Å². The third-order valence-electron chi connectivity index (χ3n) is 4.24. The number of carbonyl (C=O) groups excluding carboxylic acids is 1. The highest BCUT2D eigenvalue weighted by Crippen LogP contribution is 2.20. The monoisotopic (exact) mass is 315 g/mol. The van der Waals surface area contributed by atoms with E-state index in [9.17, 15) is 4.79 Å². The molecule has 1 fully saturated rings. The molecule has 0 unspecified atom stereocenters. The van der Waals surface area contributed by atoms with Gasteiger partial charge in [-0.3, -0.25) is 4.79 Å². The maximum absolute atomic E-state index is 12.3. The van der Waals surface area contributed by atoms with Crippen molar-refractivity contribution >= 4 is 11.7 Å². The van der Waals surface area contributed by atoms with Crippen LogP contribution in [0.3, 0.4) is 0 Å². The van der Waals surface area contributed by atoms with Gasteiger partial charge in [0, 0.05) is 43.5 Å². The maximum Gasteiger partial charge on any atom is 0.230 e. The topological polar surface area (TPSA) is 75.4 Å². The molecule has 1 aliphatic rings. The number of piperazine rings is 1. The van der Waals surface area contributed by atoms with Gasteiger partial charge in [-0.1, -0.05) is 5.16 Å². The number of aryl methyl sites for hydroxylation is 2. The second-order valence-electron chi connectivity index (χ2n) is 5.89. The van der Waals surface area contributed by atoms with E-state index in [1.807, 2.05) is 25.7 Å². The smallest absolute Gasteiger partial charge is 0.230 e. The van der Waals surface area contributed by atoms with Gasteiger partial charge in [-0.25, -0.2) is 9.97 Å². The molecule has 3 heterocycles. The van der Waals surface area contributed by atoms with Gasteiger partial charge >= 0.3 is 0 Å². The number of anilines is 1. The van der Waals surface area contributed by atoms with Gasteiger partial charge in [0.1, 0.15) is 17.9 Å². The molecule has 0 spiro atoms. The van der Waals surface area contributed by atoms with Crippen molar-refractivity contribution in [2.24, 2.45) is 0 Å². The van der Waals surface area contributed by atoms with E-state index >= 15 is 0 Å². The standard InChI is InChI=1S/C16H21N5O2/c1-11-8-14(23-19-11)9-15(22)20-4-6-21(7-5-20)16-12(2)13(3)17-10-18-16/h8,10H,4-7,9H2,1-3H3. The Morgan fingerprint density at radius 2 is 1.91 bits per heavy atom. The average Bonchev–Trinajstić information content (AvgIpc) is 2.95. The lowest BCUT2D eigenvalue weighted by atomic mass is 10.2. The average molecular weight is 315 g/mol. The van der Waals surface area contributed by atoms with Crippen molar-refractivity contribution in [1.29, 1.82) is 0 Å². The number of nitrogens with zero attached hydrogens (tertiary/aromatic N) is 5. The third-order valence-corrected chi connectivity index (χ3v) is 4.24. The molecule has 3 rings (SSSR count). The molecule has 0 aromatic carbocycles. The van der Waals surface area contributed by atoms with Crippen LogP contribution in [0.4, 0.5) is 5.82 Å². The second-order valence-corrected chi connectivity index (χ2v) is 5.89. The van der Waals surface area contributed by atoms with E-state index in [4.69, 9.17) is 4.52 Å². The normalized spacial score (nSPS) is 15.1. The van der Waals surface area contributed by atoms with Gasteiger partial charge in [0.2, 0.25) is 5.91 Å². The number of aromatic nitrogens is 3. The van der Waals surface area contributed by atoms with E-state index < -0.39 is 0 Å². The zero-order valence-corrected chi connectivity index (χ0v) is 13.7. The summed E-state index contributed by atoms with van der Waals surface area (Å²) in [4.78, 5) is 25.0. The molecule has 23 heavy (non-hydrogen) atoms. The molecule has 0 radical (unpaired) electrons. The third kappa shape index (κ3) is 3.33. The van der Waals surface area contributed by atoms with E-state index in [1.54, 1.807) is 12.4 Å². The highest BCUT2D eigenvalue weighted by molar-refractivity contribution is 5.78. The molecular formula is C16H21N5O2. The lowest BCUT2D eigenvalue weighted by molar-refractivity contribution is -0.131. The van der Waals surface area contributed by atoms with Crippen molar-refractivity contribution in [3.63, 3.8) is 0 Å². The van der Waals surface area contributed by atoms with Crippen LogP contribution in [0.15, 0.2) is 16.9 Å². The molecule has 2 aromatic rings. The van der Waals surface area contributed by atoms with Crippen LogP contribution in [0.25, 0.3) is 0 Å². The first kappa shape index (κ1) is 15.5. The van der Waals surface area contributed by atoms with Crippen molar-refractivity contribution < 1.29 is 9.32 Å². The fourth-order valence-corrected chi connectivity index (χ4v) is 2.77. The lowest BCUT2D eigenvalue weighted by Crippen LogP contribution is -2.49. The summed E-state index contributed by atoms with van der Waals surface area (Å²) in [7, 11) is 0. The Hall–Kier alpha value is -2.44. The van der Waals surface area contributed by atoms with Crippen molar-refractivity contribution in [1.82, 2.24) is 20.0 Å². The molecule has 7 nitrogen and oxygen atoms in total.